The molecule has 5 heteroatoms. The number of rotatable bonds is 3. The summed E-state index contributed by atoms with van der Waals surface area (Å²) < 4.78 is 10.7. The van der Waals surface area contributed by atoms with Crippen molar-refractivity contribution in [2.45, 2.75) is 13.5 Å². The molecule has 3 rings (SSSR count). The Bertz CT molecular complexity index is 971. The van der Waals surface area contributed by atoms with Gasteiger partial charge in [0.25, 0.3) is 0 Å². The highest BCUT2D eigenvalue weighted by Gasteiger charge is 2.18. The lowest BCUT2D eigenvalue weighted by Gasteiger charge is -2.10. The van der Waals surface area contributed by atoms with Crippen LogP contribution >= 0.6 is 0 Å². The molecule has 0 fully saturated rings. The number of carbonyl (C=O) groups is 1. The molecule has 0 amide bonds. The van der Waals surface area contributed by atoms with Crippen molar-refractivity contribution in [1.29, 1.82) is 0 Å². The van der Waals surface area contributed by atoms with Crippen LogP contribution in [0, 0.1) is 6.92 Å². The molecule has 0 spiro atoms. The number of hydrogen-bond donors (Lipinski definition) is 1. The lowest BCUT2D eigenvalue weighted by molar-refractivity contribution is 0.0601. The minimum Gasteiger partial charge on any atom is -0.465 e. The van der Waals surface area contributed by atoms with Crippen molar-refractivity contribution >= 4 is 16.9 Å². The van der Waals surface area contributed by atoms with E-state index in [4.69, 9.17) is 14.9 Å². The third-order valence-electron chi connectivity index (χ3n) is 4.00. The van der Waals surface area contributed by atoms with Crippen LogP contribution in [-0.4, -0.2) is 13.1 Å². The average molecular weight is 323 g/mol. The fraction of sp³-hybridized carbons (Fsp3) is 0.158. The largest absolute Gasteiger partial charge is 0.465 e. The van der Waals surface area contributed by atoms with Gasteiger partial charge < -0.3 is 14.9 Å². The number of para-hydroxylation sites is 1. The van der Waals surface area contributed by atoms with Gasteiger partial charge in [-0.2, -0.15) is 0 Å². The standard InChI is InChI=1S/C19H17NO4/c1-11-16(21)14-4-3-5-15(19(22)23-2)18(14)24-17(11)13-8-6-12(10-20)7-9-13/h3-9H,10,20H2,1-2H3. The van der Waals surface area contributed by atoms with E-state index in [0.717, 1.165) is 11.1 Å². The second-order valence-electron chi connectivity index (χ2n) is 5.46. The maximum Gasteiger partial charge on any atom is 0.341 e. The third-order valence-corrected chi connectivity index (χ3v) is 4.00. The molecule has 122 valence electrons. The summed E-state index contributed by atoms with van der Waals surface area (Å²) in [5.74, 6) is -0.107. The Hall–Kier alpha value is -2.92. The Morgan fingerprint density at radius 1 is 1.17 bits per heavy atom. The van der Waals surface area contributed by atoms with E-state index < -0.39 is 5.97 Å². The molecule has 0 bridgehead atoms. The highest BCUT2D eigenvalue weighted by Crippen LogP contribution is 2.27. The maximum atomic E-state index is 12.7. The van der Waals surface area contributed by atoms with Gasteiger partial charge in [-0.15, -0.1) is 0 Å². The lowest BCUT2D eigenvalue weighted by atomic mass is 10.0. The van der Waals surface area contributed by atoms with Gasteiger partial charge in [-0.3, -0.25) is 4.79 Å². The van der Waals surface area contributed by atoms with Crippen LogP contribution in [0.1, 0.15) is 21.5 Å². The highest BCUT2D eigenvalue weighted by molar-refractivity contribution is 6.02. The van der Waals surface area contributed by atoms with E-state index in [0.29, 0.717) is 23.3 Å². The molecule has 0 aliphatic rings. The molecule has 2 aromatic carbocycles. The fourth-order valence-corrected chi connectivity index (χ4v) is 2.65. The van der Waals surface area contributed by atoms with Crippen LogP contribution in [0.15, 0.2) is 51.7 Å². The zero-order valence-electron chi connectivity index (χ0n) is 13.5. The monoisotopic (exact) mass is 323 g/mol. The molecule has 0 unspecified atom stereocenters. The summed E-state index contributed by atoms with van der Waals surface area (Å²) in [5, 5.41) is 0.359. The van der Waals surface area contributed by atoms with Crippen molar-refractivity contribution < 1.29 is 13.9 Å². The second kappa shape index (κ2) is 6.29. The zero-order chi connectivity index (χ0) is 17.3. The number of benzene rings is 2. The first kappa shape index (κ1) is 16.0. The Balaban J connectivity index is 2.30. The van der Waals surface area contributed by atoms with E-state index in [2.05, 4.69) is 0 Å². The molecule has 3 aromatic rings. The van der Waals surface area contributed by atoms with Crippen LogP contribution in [0.4, 0.5) is 0 Å². The van der Waals surface area contributed by atoms with E-state index in [9.17, 15) is 9.59 Å². The number of hydrogen-bond acceptors (Lipinski definition) is 5. The van der Waals surface area contributed by atoms with Crippen molar-refractivity contribution in [2.24, 2.45) is 5.73 Å². The minimum atomic E-state index is -0.544. The molecular formula is C19H17NO4. The molecule has 24 heavy (non-hydrogen) atoms. The van der Waals surface area contributed by atoms with E-state index in [1.165, 1.54) is 7.11 Å². The van der Waals surface area contributed by atoms with Gasteiger partial charge >= 0.3 is 5.97 Å². The summed E-state index contributed by atoms with van der Waals surface area (Å²) in [7, 11) is 1.29. The zero-order valence-corrected chi connectivity index (χ0v) is 13.5. The lowest BCUT2D eigenvalue weighted by Crippen LogP contribution is -2.10. The predicted octanol–water partition coefficient (Wildman–Crippen LogP) is 3.01. The molecule has 0 radical (unpaired) electrons. The smallest absolute Gasteiger partial charge is 0.341 e. The number of carbonyl (C=O) groups excluding carboxylic acids is 1. The number of nitrogens with two attached hydrogens (primary N) is 1. The van der Waals surface area contributed by atoms with Gasteiger partial charge in [0.2, 0.25) is 0 Å². The number of ether oxygens (including phenoxy) is 1. The quantitative estimate of drug-likeness (QED) is 0.749. The Labute approximate surface area is 138 Å². The number of methoxy groups -OCH3 is 1. The average Bonchev–Trinajstić information content (AvgIpc) is 2.63. The maximum absolute atomic E-state index is 12.7. The van der Waals surface area contributed by atoms with Crippen molar-refractivity contribution in [3.8, 4) is 11.3 Å². The first-order valence-corrected chi connectivity index (χ1v) is 7.51. The van der Waals surface area contributed by atoms with Crippen LogP contribution in [0.5, 0.6) is 0 Å². The topological polar surface area (TPSA) is 82.5 Å². The summed E-state index contributed by atoms with van der Waals surface area (Å²) >= 11 is 0. The van der Waals surface area contributed by atoms with Crippen LogP contribution in [0.2, 0.25) is 0 Å². The van der Waals surface area contributed by atoms with Crippen molar-refractivity contribution in [3.63, 3.8) is 0 Å². The van der Waals surface area contributed by atoms with Crippen molar-refractivity contribution in [1.82, 2.24) is 0 Å². The molecular weight excluding hydrogens is 306 g/mol. The van der Waals surface area contributed by atoms with Gasteiger partial charge in [-0.1, -0.05) is 30.3 Å². The summed E-state index contributed by atoms with van der Waals surface area (Å²) in [5.41, 5.74) is 8.13. The van der Waals surface area contributed by atoms with E-state index in [1.54, 1.807) is 25.1 Å². The van der Waals surface area contributed by atoms with Crippen molar-refractivity contribution in [2.75, 3.05) is 7.11 Å². The van der Waals surface area contributed by atoms with Crippen LogP contribution in [0.3, 0.4) is 0 Å². The molecule has 0 atom stereocenters. The molecule has 0 aliphatic carbocycles. The molecule has 1 heterocycles. The van der Waals surface area contributed by atoms with E-state index in [1.807, 2.05) is 24.3 Å². The molecule has 0 aliphatic heterocycles. The van der Waals surface area contributed by atoms with Gasteiger partial charge in [-0.25, -0.2) is 4.79 Å². The number of esters is 1. The first-order valence-electron chi connectivity index (χ1n) is 7.51. The summed E-state index contributed by atoms with van der Waals surface area (Å²) in [4.78, 5) is 24.6. The second-order valence-corrected chi connectivity index (χ2v) is 5.46. The third kappa shape index (κ3) is 2.59. The predicted molar refractivity (Wildman–Crippen MR) is 91.9 cm³/mol. The van der Waals surface area contributed by atoms with E-state index >= 15 is 0 Å². The SMILES string of the molecule is COC(=O)c1cccc2c(=O)c(C)c(-c3ccc(CN)cc3)oc12. The minimum absolute atomic E-state index is 0.167. The van der Waals surface area contributed by atoms with Crippen LogP contribution in [-0.2, 0) is 11.3 Å². The van der Waals surface area contributed by atoms with Gasteiger partial charge in [0, 0.05) is 17.7 Å². The summed E-state index contributed by atoms with van der Waals surface area (Å²) in [6.07, 6.45) is 0. The Morgan fingerprint density at radius 3 is 2.50 bits per heavy atom. The van der Waals surface area contributed by atoms with E-state index in [-0.39, 0.29) is 16.6 Å². The number of fused-ring (bicyclic) bond motifs is 1. The fourth-order valence-electron chi connectivity index (χ4n) is 2.65. The summed E-state index contributed by atoms with van der Waals surface area (Å²) in [6.45, 7) is 2.15. The molecule has 1 aromatic heterocycles. The normalized spacial score (nSPS) is 10.8. The van der Waals surface area contributed by atoms with Crippen LogP contribution in [0.25, 0.3) is 22.3 Å². The van der Waals surface area contributed by atoms with Gasteiger partial charge in [0.15, 0.2) is 11.0 Å². The Morgan fingerprint density at radius 2 is 1.88 bits per heavy atom. The summed E-state index contributed by atoms with van der Waals surface area (Å²) in [6, 6.07) is 12.3. The Kier molecular flexibility index (Phi) is 4.18. The molecule has 2 N–H and O–H groups in total. The van der Waals surface area contributed by atoms with Gasteiger partial charge in [0.05, 0.1) is 12.5 Å². The highest BCUT2D eigenvalue weighted by atomic mass is 16.5. The van der Waals surface area contributed by atoms with Gasteiger partial charge in [0.1, 0.15) is 11.3 Å². The van der Waals surface area contributed by atoms with Gasteiger partial charge in [-0.05, 0) is 24.6 Å². The molecule has 5 nitrogen and oxygen atoms in total. The van der Waals surface area contributed by atoms with Crippen LogP contribution < -0.4 is 11.2 Å². The van der Waals surface area contributed by atoms with Crippen molar-refractivity contribution in [3.05, 3.63) is 69.4 Å². The first-order chi connectivity index (χ1) is 11.6. The molecule has 0 saturated heterocycles. The molecule has 0 saturated carbocycles.